The topological polar surface area (TPSA) is 78.9 Å². The number of nitriles is 1. The Kier molecular flexibility index (Phi) is 4.02. The summed E-state index contributed by atoms with van der Waals surface area (Å²) in [5.74, 6) is 0.596. The van der Waals surface area contributed by atoms with Gasteiger partial charge in [-0.05, 0) is 24.1 Å². The molecule has 0 fully saturated rings. The van der Waals surface area contributed by atoms with E-state index in [4.69, 9.17) is 0 Å². The van der Waals surface area contributed by atoms with Crippen LogP contribution in [0.2, 0.25) is 0 Å². The zero-order chi connectivity index (χ0) is 15.5. The lowest BCUT2D eigenvalue weighted by atomic mass is 10.2. The summed E-state index contributed by atoms with van der Waals surface area (Å²) in [6, 6.07) is 8.04. The number of nitrogens with zero attached hydrogens (tertiary/aromatic N) is 4. The number of rotatable bonds is 5. The van der Waals surface area contributed by atoms with E-state index in [1.54, 1.807) is 4.57 Å². The van der Waals surface area contributed by atoms with Crippen molar-refractivity contribution in [2.45, 2.75) is 30.8 Å². The van der Waals surface area contributed by atoms with Crippen molar-refractivity contribution in [1.29, 1.82) is 5.26 Å². The van der Waals surface area contributed by atoms with Crippen LogP contribution >= 0.6 is 11.8 Å². The van der Waals surface area contributed by atoms with Crippen LogP contribution in [-0.2, 0) is 12.3 Å². The summed E-state index contributed by atoms with van der Waals surface area (Å²) in [4.78, 5) is 11.7. The molecule has 0 spiro atoms. The maximum Gasteiger partial charge on any atom is 0.343 e. The van der Waals surface area contributed by atoms with Gasteiger partial charge in [0, 0.05) is 24.7 Å². The summed E-state index contributed by atoms with van der Waals surface area (Å²) in [6.07, 6.45) is 4.74. The van der Waals surface area contributed by atoms with Crippen molar-refractivity contribution in [2.75, 3.05) is 0 Å². The number of thioether (sulfide) groups is 1. The Balaban J connectivity index is 1.89. The average Bonchev–Trinajstić information content (AvgIpc) is 3.06. The van der Waals surface area contributed by atoms with Gasteiger partial charge in [-0.25, -0.2) is 9.89 Å². The highest BCUT2D eigenvalue weighted by atomic mass is 32.2. The largest absolute Gasteiger partial charge is 0.343 e. The van der Waals surface area contributed by atoms with Gasteiger partial charge in [0.05, 0.1) is 11.1 Å². The second kappa shape index (κ2) is 6.12. The van der Waals surface area contributed by atoms with Crippen LogP contribution in [0.1, 0.15) is 24.5 Å². The summed E-state index contributed by atoms with van der Waals surface area (Å²) < 4.78 is 3.57. The molecule has 6 nitrogen and oxygen atoms in total. The summed E-state index contributed by atoms with van der Waals surface area (Å²) >= 11 is 1.46. The predicted molar refractivity (Wildman–Crippen MR) is 84.8 cm³/mol. The molecule has 3 aromatic rings. The van der Waals surface area contributed by atoms with E-state index in [0.29, 0.717) is 23.0 Å². The molecule has 112 valence electrons. The fourth-order valence-corrected chi connectivity index (χ4v) is 3.34. The van der Waals surface area contributed by atoms with E-state index in [0.717, 1.165) is 17.5 Å². The third kappa shape index (κ3) is 2.53. The van der Waals surface area contributed by atoms with Crippen LogP contribution in [-0.4, -0.2) is 19.2 Å². The number of aromatic nitrogens is 4. The van der Waals surface area contributed by atoms with E-state index < -0.39 is 0 Å². The first kappa shape index (κ1) is 14.5. The van der Waals surface area contributed by atoms with E-state index in [-0.39, 0.29) is 5.69 Å². The SMILES string of the molecule is CCCn1c(SCc2cn3ccccc3c2C#N)n[nH]c1=O. The number of hydrogen-bond donors (Lipinski definition) is 1. The first-order valence-electron chi connectivity index (χ1n) is 7.01. The second-order valence-corrected chi connectivity index (χ2v) is 5.83. The Morgan fingerprint density at radius 1 is 1.45 bits per heavy atom. The number of pyridine rings is 1. The van der Waals surface area contributed by atoms with Crippen LogP contribution in [0.4, 0.5) is 0 Å². The summed E-state index contributed by atoms with van der Waals surface area (Å²) in [6.45, 7) is 2.66. The van der Waals surface area contributed by atoms with Crippen LogP contribution in [0.25, 0.3) is 5.52 Å². The van der Waals surface area contributed by atoms with Crippen LogP contribution in [0, 0.1) is 11.3 Å². The molecule has 3 rings (SSSR count). The molecule has 3 heterocycles. The zero-order valence-electron chi connectivity index (χ0n) is 12.1. The molecule has 0 radical (unpaired) electrons. The Morgan fingerprint density at radius 3 is 3.09 bits per heavy atom. The van der Waals surface area contributed by atoms with E-state index >= 15 is 0 Å². The molecule has 0 aliphatic carbocycles. The molecule has 7 heteroatoms. The third-order valence-electron chi connectivity index (χ3n) is 3.40. The first-order valence-corrected chi connectivity index (χ1v) is 7.99. The van der Waals surface area contributed by atoms with Crippen molar-refractivity contribution in [3.63, 3.8) is 0 Å². The Labute approximate surface area is 131 Å². The second-order valence-electron chi connectivity index (χ2n) is 4.89. The van der Waals surface area contributed by atoms with Gasteiger partial charge in [-0.15, -0.1) is 5.10 Å². The average molecular weight is 313 g/mol. The third-order valence-corrected chi connectivity index (χ3v) is 4.43. The van der Waals surface area contributed by atoms with Crippen molar-refractivity contribution in [3.05, 3.63) is 52.2 Å². The van der Waals surface area contributed by atoms with Gasteiger partial charge in [-0.1, -0.05) is 24.8 Å². The van der Waals surface area contributed by atoms with Gasteiger partial charge < -0.3 is 4.40 Å². The highest BCUT2D eigenvalue weighted by Crippen LogP contribution is 2.25. The number of hydrogen-bond acceptors (Lipinski definition) is 4. The molecule has 0 bridgehead atoms. The van der Waals surface area contributed by atoms with Gasteiger partial charge in [0.2, 0.25) is 0 Å². The first-order chi connectivity index (χ1) is 10.7. The van der Waals surface area contributed by atoms with E-state index in [9.17, 15) is 10.1 Å². The summed E-state index contributed by atoms with van der Waals surface area (Å²) in [5.41, 5.74) is 2.32. The van der Waals surface area contributed by atoms with Crippen molar-refractivity contribution in [3.8, 4) is 6.07 Å². The molecule has 0 atom stereocenters. The van der Waals surface area contributed by atoms with Crippen LogP contribution in [0.3, 0.4) is 0 Å². The summed E-state index contributed by atoms with van der Waals surface area (Å²) in [5, 5.41) is 16.6. The van der Waals surface area contributed by atoms with E-state index in [1.807, 2.05) is 41.9 Å². The van der Waals surface area contributed by atoms with Crippen LogP contribution in [0.15, 0.2) is 40.5 Å². The zero-order valence-corrected chi connectivity index (χ0v) is 12.9. The Morgan fingerprint density at radius 2 is 2.32 bits per heavy atom. The molecule has 1 N–H and O–H groups in total. The molecule has 0 amide bonds. The van der Waals surface area contributed by atoms with Gasteiger partial charge in [0.25, 0.3) is 0 Å². The van der Waals surface area contributed by atoms with E-state index in [1.165, 1.54) is 11.8 Å². The van der Waals surface area contributed by atoms with Crippen molar-refractivity contribution >= 4 is 17.3 Å². The van der Waals surface area contributed by atoms with Crippen molar-refractivity contribution in [2.24, 2.45) is 0 Å². The van der Waals surface area contributed by atoms with Crippen LogP contribution in [0.5, 0.6) is 0 Å². The molecule has 0 unspecified atom stereocenters. The van der Waals surface area contributed by atoms with Crippen molar-refractivity contribution in [1.82, 2.24) is 19.2 Å². The number of aromatic amines is 1. The Hall–Kier alpha value is -2.46. The fourth-order valence-electron chi connectivity index (χ4n) is 2.39. The quantitative estimate of drug-likeness (QED) is 0.734. The maximum absolute atomic E-state index is 11.7. The standard InChI is InChI=1S/C15H15N5OS/c1-2-6-20-14(21)17-18-15(20)22-10-11-9-19-7-4-3-5-13(19)12(11)8-16/h3-5,7,9H,2,6,10H2,1H3,(H,17,21). The molecule has 0 saturated heterocycles. The lowest BCUT2D eigenvalue weighted by Crippen LogP contribution is -2.17. The van der Waals surface area contributed by atoms with Crippen LogP contribution < -0.4 is 5.69 Å². The highest BCUT2D eigenvalue weighted by molar-refractivity contribution is 7.98. The van der Waals surface area contributed by atoms with E-state index in [2.05, 4.69) is 16.3 Å². The molecule has 3 aromatic heterocycles. The lowest BCUT2D eigenvalue weighted by molar-refractivity contribution is 0.604. The maximum atomic E-state index is 11.7. The normalized spacial score (nSPS) is 10.9. The number of H-pyrrole nitrogens is 1. The van der Waals surface area contributed by atoms with Gasteiger partial charge >= 0.3 is 5.69 Å². The molecular weight excluding hydrogens is 298 g/mol. The predicted octanol–water partition coefficient (Wildman–Crippen LogP) is 2.40. The summed E-state index contributed by atoms with van der Waals surface area (Å²) in [7, 11) is 0. The van der Waals surface area contributed by atoms with Gasteiger partial charge in [-0.2, -0.15) is 5.26 Å². The smallest absolute Gasteiger partial charge is 0.322 e. The molecule has 0 aliphatic heterocycles. The Bertz CT molecular complexity index is 899. The van der Waals surface area contributed by atoms with Gasteiger partial charge in [0.1, 0.15) is 6.07 Å². The van der Waals surface area contributed by atoms with Gasteiger partial charge in [-0.3, -0.25) is 4.57 Å². The molecule has 0 aliphatic rings. The highest BCUT2D eigenvalue weighted by Gasteiger charge is 2.13. The molecule has 22 heavy (non-hydrogen) atoms. The molecule has 0 saturated carbocycles. The number of nitrogens with one attached hydrogen (secondary N) is 1. The monoisotopic (exact) mass is 313 g/mol. The minimum atomic E-state index is -0.188. The van der Waals surface area contributed by atoms with Gasteiger partial charge in [0.15, 0.2) is 5.16 Å². The lowest BCUT2D eigenvalue weighted by Gasteiger charge is -2.02. The minimum absolute atomic E-state index is 0.188. The minimum Gasteiger partial charge on any atom is -0.322 e. The van der Waals surface area contributed by atoms with Crippen molar-refractivity contribution < 1.29 is 0 Å². The fraction of sp³-hybridized carbons (Fsp3) is 0.267. The number of fused-ring (bicyclic) bond motifs is 1. The molecular formula is C15H15N5OS. The molecule has 0 aromatic carbocycles.